The molecule has 0 radical (unpaired) electrons. The Morgan fingerprint density at radius 2 is 1.42 bits per heavy atom. The monoisotopic (exact) mass is 423 g/mol. The van der Waals surface area contributed by atoms with Crippen molar-refractivity contribution in [2.45, 2.75) is 47.9 Å². The summed E-state index contributed by atoms with van der Waals surface area (Å²) in [6.45, 7) is 1.49. The van der Waals surface area contributed by atoms with E-state index in [1.165, 1.54) is 20.7 Å². The molecule has 0 aliphatic carbocycles. The van der Waals surface area contributed by atoms with Crippen LogP contribution in [0.3, 0.4) is 0 Å². The molecule has 148 valence electrons. The molecule has 1 unspecified atom stereocenters. The first kappa shape index (κ1) is 21.6. The van der Waals surface area contributed by atoms with Crippen molar-refractivity contribution in [3.05, 3.63) is 24.3 Å². The molecule has 3 rings (SSSR count). The van der Waals surface area contributed by atoms with E-state index in [4.69, 9.17) is 5.73 Å². The van der Waals surface area contributed by atoms with Crippen molar-refractivity contribution < 1.29 is 16.8 Å². The maximum Gasteiger partial charge on any atom is 0.244 e. The van der Waals surface area contributed by atoms with Crippen molar-refractivity contribution in [1.29, 1.82) is 0 Å². The molecule has 1 aromatic carbocycles. The summed E-state index contributed by atoms with van der Waals surface area (Å²) in [4.78, 5) is -0.263. The molecule has 1 atom stereocenters. The minimum Gasteiger partial charge on any atom is -0.329 e. The van der Waals surface area contributed by atoms with Gasteiger partial charge in [-0.05, 0) is 37.8 Å². The van der Waals surface area contributed by atoms with E-state index in [0.29, 0.717) is 26.1 Å². The minimum absolute atomic E-state index is 0. The van der Waals surface area contributed by atoms with Gasteiger partial charge in [0, 0.05) is 32.2 Å². The Bertz CT molecular complexity index is 824. The van der Waals surface area contributed by atoms with Gasteiger partial charge in [-0.15, -0.1) is 12.4 Å². The van der Waals surface area contributed by atoms with Gasteiger partial charge in [-0.25, -0.2) is 16.8 Å². The fourth-order valence-corrected chi connectivity index (χ4v) is 7.60. The number of benzene rings is 1. The Hall–Kier alpha value is -0.710. The van der Waals surface area contributed by atoms with Crippen LogP contribution in [0.2, 0.25) is 0 Å². The summed E-state index contributed by atoms with van der Waals surface area (Å²) in [6.07, 6.45) is 4.00. The first-order valence-corrected chi connectivity index (χ1v) is 11.6. The lowest BCUT2D eigenvalue weighted by atomic mass is 10.1. The van der Waals surface area contributed by atoms with E-state index in [2.05, 4.69) is 0 Å². The highest BCUT2D eigenvalue weighted by molar-refractivity contribution is 7.92. The highest BCUT2D eigenvalue weighted by Crippen LogP contribution is 2.31. The van der Waals surface area contributed by atoms with Gasteiger partial charge in [-0.3, -0.25) is 0 Å². The van der Waals surface area contributed by atoms with Crippen molar-refractivity contribution in [3.8, 4) is 0 Å². The Kier molecular flexibility index (Phi) is 7.09. The molecule has 0 amide bonds. The molecule has 2 aliphatic rings. The lowest BCUT2D eigenvalue weighted by Gasteiger charge is -2.34. The van der Waals surface area contributed by atoms with Crippen LogP contribution < -0.4 is 5.73 Å². The van der Waals surface area contributed by atoms with Crippen molar-refractivity contribution in [2.75, 3.05) is 26.2 Å². The third-order valence-electron chi connectivity index (χ3n) is 4.96. The standard InChI is InChI=1S/C16H25N3O4S2.ClH/c17-13-14-7-3-4-12-19(14)25(22,23)16-9-2-1-8-15(16)24(20,21)18-10-5-6-11-18;/h1-2,8-9,14H,3-7,10-13,17H2;1H. The molecule has 0 bridgehead atoms. The summed E-state index contributed by atoms with van der Waals surface area (Å²) in [5.74, 6) is 0. The molecule has 2 fully saturated rings. The lowest BCUT2D eigenvalue weighted by Crippen LogP contribution is -2.47. The van der Waals surface area contributed by atoms with Crippen molar-refractivity contribution in [2.24, 2.45) is 5.73 Å². The van der Waals surface area contributed by atoms with Gasteiger partial charge in [-0.2, -0.15) is 8.61 Å². The van der Waals surface area contributed by atoms with E-state index in [1.807, 2.05) is 0 Å². The molecule has 2 saturated heterocycles. The van der Waals surface area contributed by atoms with E-state index in [1.54, 1.807) is 12.1 Å². The molecular formula is C16H26ClN3O4S2. The zero-order valence-electron chi connectivity index (χ0n) is 14.6. The number of hydrogen-bond acceptors (Lipinski definition) is 5. The smallest absolute Gasteiger partial charge is 0.244 e. The number of rotatable bonds is 5. The molecule has 2 heterocycles. The van der Waals surface area contributed by atoms with Gasteiger partial charge >= 0.3 is 0 Å². The van der Waals surface area contributed by atoms with Crippen LogP contribution in [-0.4, -0.2) is 57.7 Å². The van der Waals surface area contributed by atoms with Gasteiger partial charge in [0.25, 0.3) is 0 Å². The van der Waals surface area contributed by atoms with Crippen molar-refractivity contribution in [3.63, 3.8) is 0 Å². The van der Waals surface area contributed by atoms with Crippen LogP contribution in [0.4, 0.5) is 0 Å². The zero-order valence-corrected chi connectivity index (χ0v) is 17.0. The third-order valence-corrected chi connectivity index (χ3v) is 9.06. The average molecular weight is 424 g/mol. The van der Waals surface area contributed by atoms with Crippen LogP contribution in [0.15, 0.2) is 34.1 Å². The molecule has 7 nitrogen and oxygen atoms in total. The van der Waals surface area contributed by atoms with E-state index in [-0.39, 0.29) is 34.8 Å². The van der Waals surface area contributed by atoms with Gasteiger partial charge in [0.1, 0.15) is 9.79 Å². The Balaban J connectivity index is 0.00000243. The number of nitrogens with zero attached hydrogens (tertiary/aromatic N) is 2. The number of nitrogens with two attached hydrogens (primary N) is 1. The SMILES string of the molecule is Cl.NCC1CCCCN1S(=O)(=O)c1ccccc1S(=O)(=O)N1CCCC1. The van der Waals surface area contributed by atoms with Crippen molar-refractivity contribution in [1.82, 2.24) is 8.61 Å². The fraction of sp³-hybridized carbons (Fsp3) is 0.625. The summed E-state index contributed by atoms with van der Waals surface area (Å²) in [5.41, 5.74) is 5.76. The van der Waals surface area contributed by atoms with Crippen LogP contribution >= 0.6 is 12.4 Å². The quantitative estimate of drug-likeness (QED) is 0.771. The normalized spacial score (nSPS) is 22.9. The van der Waals surface area contributed by atoms with Gasteiger partial charge in [0.2, 0.25) is 20.0 Å². The molecule has 1 aromatic rings. The van der Waals surface area contributed by atoms with Gasteiger partial charge in [0.15, 0.2) is 0 Å². The number of piperidine rings is 1. The number of hydrogen-bond donors (Lipinski definition) is 1. The second-order valence-electron chi connectivity index (χ2n) is 6.56. The molecular weight excluding hydrogens is 398 g/mol. The lowest BCUT2D eigenvalue weighted by molar-refractivity contribution is 0.257. The van der Waals surface area contributed by atoms with Crippen molar-refractivity contribution >= 4 is 32.5 Å². The minimum atomic E-state index is -3.92. The molecule has 0 saturated carbocycles. The van der Waals surface area contributed by atoms with E-state index < -0.39 is 20.0 Å². The molecule has 0 aromatic heterocycles. The highest BCUT2D eigenvalue weighted by Gasteiger charge is 2.38. The first-order valence-electron chi connectivity index (χ1n) is 8.70. The predicted molar refractivity (Wildman–Crippen MR) is 102 cm³/mol. The number of halogens is 1. The third kappa shape index (κ3) is 3.93. The highest BCUT2D eigenvalue weighted by atomic mass is 35.5. The summed E-state index contributed by atoms with van der Waals surface area (Å²) in [6, 6.07) is 5.64. The summed E-state index contributed by atoms with van der Waals surface area (Å²) < 4.78 is 55.1. The second-order valence-corrected chi connectivity index (χ2v) is 10.3. The Labute approximate surface area is 162 Å². The molecule has 26 heavy (non-hydrogen) atoms. The van der Waals surface area contributed by atoms with Crippen LogP contribution in [0.1, 0.15) is 32.1 Å². The maximum atomic E-state index is 13.2. The summed E-state index contributed by atoms with van der Waals surface area (Å²) >= 11 is 0. The molecule has 2 aliphatic heterocycles. The van der Waals surface area contributed by atoms with Gasteiger partial charge < -0.3 is 5.73 Å². The molecule has 2 N–H and O–H groups in total. The number of sulfonamides is 2. The first-order chi connectivity index (χ1) is 11.9. The maximum absolute atomic E-state index is 13.2. The summed E-state index contributed by atoms with van der Waals surface area (Å²) in [7, 11) is -7.74. The van der Waals surface area contributed by atoms with E-state index in [0.717, 1.165) is 25.7 Å². The van der Waals surface area contributed by atoms with Gasteiger partial charge in [0.05, 0.1) is 0 Å². The van der Waals surface area contributed by atoms with Gasteiger partial charge in [-0.1, -0.05) is 18.6 Å². The van der Waals surface area contributed by atoms with E-state index in [9.17, 15) is 16.8 Å². The van der Waals surface area contributed by atoms with Crippen LogP contribution in [0.5, 0.6) is 0 Å². The van der Waals surface area contributed by atoms with E-state index >= 15 is 0 Å². The van der Waals surface area contributed by atoms with Crippen LogP contribution in [0.25, 0.3) is 0 Å². The predicted octanol–water partition coefficient (Wildman–Crippen LogP) is 1.39. The largest absolute Gasteiger partial charge is 0.329 e. The van der Waals surface area contributed by atoms with Crippen LogP contribution in [-0.2, 0) is 20.0 Å². The zero-order chi connectivity index (χ0) is 18.1. The Morgan fingerprint density at radius 3 is 2.00 bits per heavy atom. The molecule has 0 spiro atoms. The second kappa shape index (κ2) is 8.53. The fourth-order valence-electron chi connectivity index (χ4n) is 3.60. The average Bonchev–Trinajstić information content (AvgIpc) is 3.17. The Morgan fingerprint density at radius 1 is 0.885 bits per heavy atom. The topological polar surface area (TPSA) is 101 Å². The summed E-state index contributed by atoms with van der Waals surface area (Å²) in [5, 5.41) is 0. The molecule has 10 heteroatoms. The van der Waals surface area contributed by atoms with Crippen LogP contribution in [0, 0.1) is 0 Å².